The van der Waals surface area contributed by atoms with E-state index in [4.69, 9.17) is 0 Å². The largest absolute Gasteiger partial charge is 0.0689 e. The van der Waals surface area contributed by atoms with Crippen molar-refractivity contribution in [3.05, 3.63) is 50.6 Å². The van der Waals surface area contributed by atoms with Crippen molar-refractivity contribution in [1.82, 2.24) is 0 Å². The Morgan fingerprint density at radius 2 is 1.33 bits per heavy atom. The number of unbranched alkanes of at least 4 members (excludes halogenated alkanes) is 2. The van der Waals surface area contributed by atoms with Crippen LogP contribution in [0.1, 0.15) is 74.3 Å². The molecule has 24 heavy (non-hydrogen) atoms. The minimum atomic E-state index is -0.339. The summed E-state index contributed by atoms with van der Waals surface area (Å²) in [6.45, 7) is 18.6. The molecule has 0 amide bonds. The van der Waals surface area contributed by atoms with Crippen LogP contribution < -0.4 is 5.19 Å². The fourth-order valence-corrected chi connectivity index (χ4v) is 7.16. The van der Waals surface area contributed by atoms with Gasteiger partial charge in [0.05, 0.1) is 9.52 Å². The van der Waals surface area contributed by atoms with Crippen LogP contribution in [0.5, 0.6) is 0 Å². The number of hydrogen-bond donors (Lipinski definition) is 0. The van der Waals surface area contributed by atoms with Crippen LogP contribution in [-0.4, -0.2) is 9.52 Å². The summed E-state index contributed by atoms with van der Waals surface area (Å²) in [7, 11) is -0.339. The molecular weight excluding hydrogens is 304 g/mol. The maximum Gasteiger partial charge on any atom is 0.0678 e. The van der Waals surface area contributed by atoms with Crippen LogP contribution in [-0.2, 0) is 0 Å². The zero-order valence-corrected chi connectivity index (χ0v) is 18.6. The molecule has 0 aliphatic heterocycles. The molecule has 0 saturated carbocycles. The van der Waals surface area contributed by atoms with Crippen LogP contribution in [0.25, 0.3) is 0 Å². The maximum atomic E-state index is 2.47. The van der Waals surface area contributed by atoms with Crippen LogP contribution in [0.15, 0.2) is 22.8 Å². The monoisotopic (exact) mass is 340 g/mol. The number of rotatable bonds is 6. The van der Waals surface area contributed by atoms with Gasteiger partial charge in [0.15, 0.2) is 0 Å². The molecule has 0 radical (unpaired) electrons. The fourth-order valence-electron chi connectivity index (χ4n) is 4.39. The molecule has 1 atom stereocenters. The molecule has 0 N–H and O–H groups in total. The number of hydrogen-bond acceptors (Lipinski definition) is 0. The molecule has 2 rings (SSSR count). The number of allylic oxidation sites excluding steroid dienone is 4. The van der Waals surface area contributed by atoms with Crippen molar-refractivity contribution in [1.29, 1.82) is 0 Å². The summed E-state index contributed by atoms with van der Waals surface area (Å²) in [5, 5.41) is 1.73. The van der Waals surface area contributed by atoms with Crippen molar-refractivity contribution in [3.8, 4) is 0 Å². The van der Waals surface area contributed by atoms with Crippen molar-refractivity contribution >= 4 is 14.7 Å². The van der Waals surface area contributed by atoms with Gasteiger partial charge in [0.25, 0.3) is 0 Å². The predicted octanol–water partition coefficient (Wildman–Crippen LogP) is 5.67. The highest BCUT2D eigenvalue weighted by Crippen LogP contribution is 2.39. The lowest BCUT2D eigenvalue weighted by molar-refractivity contribution is 0.704. The van der Waals surface area contributed by atoms with E-state index in [-0.39, 0.29) is 9.52 Å². The summed E-state index contributed by atoms with van der Waals surface area (Å²) in [6.07, 6.45) is 7.82. The van der Waals surface area contributed by atoms with Gasteiger partial charge in [-0.05, 0) is 94.7 Å². The van der Waals surface area contributed by atoms with Crippen molar-refractivity contribution in [3.63, 3.8) is 0 Å². The van der Waals surface area contributed by atoms with Gasteiger partial charge in [-0.3, -0.25) is 0 Å². The molecule has 1 aliphatic rings. The lowest BCUT2D eigenvalue weighted by atomic mass is 9.95. The van der Waals surface area contributed by atoms with Gasteiger partial charge in [-0.25, -0.2) is 0 Å². The molecule has 0 spiro atoms. The second kappa shape index (κ2) is 7.87. The summed E-state index contributed by atoms with van der Waals surface area (Å²) < 4.78 is 0. The van der Waals surface area contributed by atoms with Gasteiger partial charge < -0.3 is 0 Å². The molecule has 1 aromatic carbocycles. The Hall–Kier alpha value is -1.08. The molecule has 0 fully saturated rings. The molecule has 0 heterocycles. The van der Waals surface area contributed by atoms with Crippen LogP contribution in [0.2, 0.25) is 5.54 Å². The van der Waals surface area contributed by atoms with Gasteiger partial charge in [0.1, 0.15) is 0 Å². The normalized spacial score (nSPS) is 18.2. The summed E-state index contributed by atoms with van der Waals surface area (Å²) in [5.41, 5.74) is 13.4. The van der Waals surface area contributed by atoms with Gasteiger partial charge in [-0.15, -0.1) is 0 Å². The Morgan fingerprint density at radius 3 is 1.88 bits per heavy atom. The van der Waals surface area contributed by atoms with Crippen molar-refractivity contribution in [2.24, 2.45) is 0 Å². The van der Waals surface area contributed by atoms with Gasteiger partial charge >= 0.3 is 0 Å². The zero-order valence-electron chi connectivity index (χ0n) is 17.2. The Balaban J connectivity index is 2.34. The van der Waals surface area contributed by atoms with E-state index in [0.717, 1.165) is 5.54 Å². The van der Waals surface area contributed by atoms with E-state index in [1.807, 2.05) is 0 Å². The highest BCUT2D eigenvalue weighted by atomic mass is 28.2. The Bertz CT molecular complexity index is 659. The van der Waals surface area contributed by atoms with E-state index >= 15 is 0 Å². The third-order valence-corrected chi connectivity index (χ3v) is 9.55. The lowest BCUT2D eigenvalue weighted by Gasteiger charge is -2.24. The quantitative estimate of drug-likeness (QED) is 0.462. The average Bonchev–Trinajstić information content (AvgIpc) is 2.81. The summed E-state index contributed by atoms with van der Waals surface area (Å²) in [6, 6.07) is 0. The van der Waals surface area contributed by atoms with Gasteiger partial charge in [-0.1, -0.05) is 47.7 Å². The van der Waals surface area contributed by atoms with Crippen LogP contribution in [0.3, 0.4) is 0 Å². The smallest absolute Gasteiger partial charge is 0.0678 e. The van der Waals surface area contributed by atoms with E-state index in [9.17, 15) is 0 Å². The molecule has 0 aromatic heterocycles. The summed E-state index contributed by atoms with van der Waals surface area (Å²) in [5.74, 6) is 0. The Labute approximate surface area is 152 Å². The summed E-state index contributed by atoms with van der Waals surface area (Å²) >= 11 is 0. The predicted molar refractivity (Wildman–Crippen MR) is 113 cm³/mol. The number of benzene rings is 1. The van der Waals surface area contributed by atoms with Crippen LogP contribution in [0.4, 0.5) is 0 Å². The molecule has 1 heteroatoms. The summed E-state index contributed by atoms with van der Waals surface area (Å²) in [4.78, 5) is 0. The third-order valence-electron chi connectivity index (χ3n) is 6.53. The fraction of sp³-hybridized carbons (Fsp3) is 0.565. The first-order valence-electron chi connectivity index (χ1n) is 9.73. The highest BCUT2D eigenvalue weighted by Gasteiger charge is 2.26. The topological polar surface area (TPSA) is 0 Å². The van der Waals surface area contributed by atoms with Gasteiger partial charge in [0, 0.05) is 0 Å². The second-order valence-electron chi connectivity index (χ2n) is 7.91. The maximum absolute atomic E-state index is 2.47. The average molecular weight is 341 g/mol. The second-order valence-corrected chi connectivity index (χ2v) is 9.85. The minimum Gasteiger partial charge on any atom is -0.0689 e. The molecule has 1 aromatic rings. The highest BCUT2D eigenvalue weighted by molar-refractivity contribution is 6.58. The Kier molecular flexibility index (Phi) is 6.31. The van der Waals surface area contributed by atoms with E-state index in [1.54, 1.807) is 33.0 Å². The van der Waals surface area contributed by atoms with E-state index < -0.39 is 0 Å². The first-order chi connectivity index (χ1) is 11.3. The SMILES string of the molecule is CCCCCC1=C(C)C=C(C)C1[SiH2]c1c(C)c(C)c(C)c(C)c1C. The van der Waals surface area contributed by atoms with E-state index in [1.165, 1.54) is 42.4 Å². The molecule has 1 unspecified atom stereocenters. The van der Waals surface area contributed by atoms with Crippen molar-refractivity contribution in [2.75, 3.05) is 0 Å². The van der Waals surface area contributed by atoms with Gasteiger partial charge in [-0.2, -0.15) is 0 Å². The minimum absolute atomic E-state index is 0.339. The first-order valence-corrected chi connectivity index (χ1v) is 11.3. The molecule has 132 valence electrons. The standard InChI is InChI=1S/C23H36Si/c1-9-10-11-12-21-14(2)13-15(3)22(21)24-23-19(7)17(5)16(4)18(6)20(23)8/h13,22H,9-12,24H2,1-8H3. The molecule has 1 aliphatic carbocycles. The van der Waals surface area contributed by atoms with Crippen molar-refractivity contribution < 1.29 is 0 Å². The third kappa shape index (κ3) is 3.61. The van der Waals surface area contributed by atoms with Crippen molar-refractivity contribution in [2.45, 2.75) is 86.6 Å². The molecular formula is C23H36Si. The van der Waals surface area contributed by atoms with Gasteiger partial charge in [0.2, 0.25) is 0 Å². The van der Waals surface area contributed by atoms with Crippen LogP contribution in [0, 0.1) is 34.6 Å². The van der Waals surface area contributed by atoms with E-state index in [2.05, 4.69) is 61.5 Å². The molecule has 0 saturated heterocycles. The molecule has 0 bridgehead atoms. The zero-order chi connectivity index (χ0) is 18.0. The first kappa shape index (κ1) is 19.2. The Morgan fingerprint density at radius 1 is 0.792 bits per heavy atom. The molecule has 0 nitrogen and oxygen atoms in total. The van der Waals surface area contributed by atoms with Crippen LogP contribution >= 0.6 is 0 Å². The lowest BCUT2D eigenvalue weighted by Crippen LogP contribution is -2.28. The van der Waals surface area contributed by atoms with E-state index in [0.29, 0.717) is 0 Å².